The smallest absolute Gasteiger partial charge is 0.255 e. The molecule has 1 saturated heterocycles. The lowest BCUT2D eigenvalue weighted by atomic mass is 9.88. The van der Waals surface area contributed by atoms with Crippen molar-refractivity contribution in [3.63, 3.8) is 0 Å². The Hall–Kier alpha value is -3.89. The zero-order chi connectivity index (χ0) is 26.0. The highest BCUT2D eigenvalue weighted by molar-refractivity contribution is 5.97. The minimum absolute atomic E-state index is 0.0552. The van der Waals surface area contributed by atoms with Crippen LogP contribution in [-0.4, -0.2) is 36.5 Å². The molecular formula is C34H36N2O2. The number of nitrogens with zero attached hydrogens (tertiary/aromatic N) is 1. The first-order valence-corrected chi connectivity index (χ1v) is 13.6. The summed E-state index contributed by atoms with van der Waals surface area (Å²) < 4.78 is 6.01. The average molecular weight is 505 g/mol. The quantitative estimate of drug-likeness (QED) is 0.262. The van der Waals surface area contributed by atoms with Crippen molar-refractivity contribution in [3.05, 3.63) is 138 Å². The van der Waals surface area contributed by atoms with E-state index in [1.807, 2.05) is 54.6 Å². The molecule has 0 aromatic heterocycles. The van der Waals surface area contributed by atoms with Crippen LogP contribution >= 0.6 is 0 Å². The number of carbonyl (C=O) groups excluding carboxylic acids is 1. The fourth-order valence-corrected chi connectivity index (χ4v) is 5.29. The molecule has 0 atom stereocenters. The lowest BCUT2D eigenvalue weighted by molar-refractivity contribution is 0.0906. The van der Waals surface area contributed by atoms with E-state index in [-0.39, 0.29) is 11.9 Å². The predicted octanol–water partition coefficient (Wildman–Crippen LogP) is 6.68. The molecule has 1 N–H and O–H groups in total. The second-order valence-electron chi connectivity index (χ2n) is 10.0. The highest BCUT2D eigenvalue weighted by atomic mass is 16.5. The Morgan fingerprint density at radius 1 is 0.763 bits per heavy atom. The van der Waals surface area contributed by atoms with Gasteiger partial charge >= 0.3 is 0 Å². The summed E-state index contributed by atoms with van der Waals surface area (Å²) in [5.41, 5.74) is 4.42. The summed E-state index contributed by atoms with van der Waals surface area (Å²) in [7, 11) is 0. The number of carbonyl (C=O) groups is 1. The SMILES string of the molecule is O=C(NC1CCN(CCC(c2ccccc2)c2ccccc2)CC1)c1ccccc1OCc1ccccc1. The maximum Gasteiger partial charge on any atom is 0.255 e. The molecular weight excluding hydrogens is 468 g/mol. The van der Waals surface area contributed by atoms with E-state index >= 15 is 0 Å². The highest BCUT2D eigenvalue weighted by Crippen LogP contribution is 2.28. The van der Waals surface area contributed by atoms with Crippen LogP contribution in [0.2, 0.25) is 0 Å². The monoisotopic (exact) mass is 504 g/mol. The van der Waals surface area contributed by atoms with Gasteiger partial charge in [0.2, 0.25) is 0 Å². The Bertz CT molecular complexity index is 1230. The summed E-state index contributed by atoms with van der Waals surface area (Å²) >= 11 is 0. The van der Waals surface area contributed by atoms with Crippen LogP contribution in [0.1, 0.15) is 52.2 Å². The van der Waals surface area contributed by atoms with Crippen LogP contribution in [0.3, 0.4) is 0 Å². The van der Waals surface area contributed by atoms with Gasteiger partial charge in [-0.25, -0.2) is 0 Å². The van der Waals surface area contributed by atoms with Crippen LogP contribution in [0, 0.1) is 0 Å². The Kier molecular flexibility index (Phi) is 8.85. The first kappa shape index (κ1) is 25.7. The normalized spacial score (nSPS) is 14.3. The molecule has 1 aliphatic heterocycles. The number of hydrogen-bond donors (Lipinski definition) is 1. The van der Waals surface area contributed by atoms with Crippen LogP contribution in [0.15, 0.2) is 115 Å². The van der Waals surface area contributed by atoms with Gasteiger partial charge in [-0.3, -0.25) is 4.79 Å². The van der Waals surface area contributed by atoms with Crippen LogP contribution < -0.4 is 10.1 Å². The second kappa shape index (κ2) is 13.1. The first-order valence-electron chi connectivity index (χ1n) is 13.6. The van der Waals surface area contributed by atoms with E-state index in [0.29, 0.717) is 23.8 Å². The number of likely N-dealkylation sites (tertiary alicyclic amines) is 1. The van der Waals surface area contributed by atoms with Gasteiger partial charge in [0.1, 0.15) is 12.4 Å². The molecule has 0 bridgehead atoms. The lowest BCUT2D eigenvalue weighted by Gasteiger charge is -2.33. The molecule has 0 radical (unpaired) electrons. The van der Waals surface area contributed by atoms with E-state index in [4.69, 9.17) is 4.74 Å². The molecule has 1 fully saturated rings. The van der Waals surface area contributed by atoms with Crippen molar-refractivity contribution in [1.82, 2.24) is 10.2 Å². The molecule has 0 spiro atoms. The van der Waals surface area contributed by atoms with Gasteiger partial charge in [0.25, 0.3) is 5.91 Å². The van der Waals surface area contributed by atoms with Gasteiger partial charge in [-0.15, -0.1) is 0 Å². The van der Waals surface area contributed by atoms with Crippen molar-refractivity contribution in [3.8, 4) is 5.75 Å². The zero-order valence-electron chi connectivity index (χ0n) is 21.8. The number of rotatable bonds is 10. The number of benzene rings is 4. The number of amides is 1. The Labute approximate surface area is 226 Å². The van der Waals surface area contributed by atoms with Gasteiger partial charge in [0.15, 0.2) is 0 Å². The Balaban J connectivity index is 1.13. The fourth-order valence-electron chi connectivity index (χ4n) is 5.29. The van der Waals surface area contributed by atoms with Crippen molar-refractivity contribution >= 4 is 5.91 Å². The van der Waals surface area contributed by atoms with Crippen LogP contribution in [0.4, 0.5) is 0 Å². The number of para-hydroxylation sites is 1. The molecule has 4 heteroatoms. The molecule has 0 saturated carbocycles. The third kappa shape index (κ3) is 6.90. The summed E-state index contributed by atoms with van der Waals surface area (Å²) in [6, 6.07) is 39.4. The van der Waals surface area contributed by atoms with Crippen molar-refractivity contribution < 1.29 is 9.53 Å². The molecule has 4 nitrogen and oxygen atoms in total. The minimum Gasteiger partial charge on any atom is -0.488 e. The third-order valence-electron chi connectivity index (χ3n) is 7.43. The van der Waals surface area contributed by atoms with Crippen molar-refractivity contribution in [2.24, 2.45) is 0 Å². The van der Waals surface area contributed by atoms with Gasteiger partial charge < -0.3 is 15.0 Å². The van der Waals surface area contributed by atoms with Crippen molar-refractivity contribution in [2.75, 3.05) is 19.6 Å². The van der Waals surface area contributed by atoms with E-state index in [1.54, 1.807) is 0 Å². The first-order chi connectivity index (χ1) is 18.8. The molecule has 0 unspecified atom stereocenters. The van der Waals surface area contributed by atoms with Gasteiger partial charge in [0.05, 0.1) is 5.56 Å². The average Bonchev–Trinajstić information content (AvgIpc) is 2.99. The van der Waals surface area contributed by atoms with Crippen LogP contribution in [0.25, 0.3) is 0 Å². The number of nitrogens with one attached hydrogen (secondary N) is 1. The Morgan fingerprint density at radius 3 is 1.95 bits per heavy atom. The lowest BCUT2D eigenvalue weighted by Crippen LogP contribution is -2.45. The summed E-state index contributed by atoms with van der Waals surface area (Å²) in [5.74, 6) is 0.960. The third-order valence-corrected chi connectivity index (χ3v) is 7.43. The van der Waals surface area contributed by atoms with E-state index in [1.165, 1.54) is 11.1 Å². The molecule has 4 aromatic carbocycles. The maximum atomic E-state index is 13.2. The van der Waals surface area contributed by atoms with Crippen LogP contribution in [0.5, 0.6) is 5.75 Å². The largest absolute Gasteiger partial charge is 0.488 e. The number of piperidine rings is 1. The molecule has 1 aliphatic rings. The van der Waals surface area contributed by atoms with E-state index in [2.05, 4.69) is 70.9 Å². The molecule has 38 heavy (non-hydrogen) atoms. The molecule has 5 rings (SSSR count). The number of hydrogen-bond acceptors (Lipinski definition) is 3. The zero-order valence-corrected chi connectivity index (χ0v) is 21.8. The molecule has 4 aromatic rings. The second-order valence-corrected chi connectivity index (χ2v) is 10.0. The van der Waals surface area contributed by atoms with Crippen molar-refractivity contribution in [1.29, 1.82) is 0 Å². The van der Waals surface area contributed by atoms with Gasteiger partial charge in [0, 0.05) is 25.0 Å². The molecule has 1 heterocycles. The molecule has 194 valence electrons. The van der Waals surface area contributed by atoms with E-state index in [9.17, 15) is 4.79 Å². The standard InChI is InChI=1S/C34H36N2O2/c37-34(32-18-10-11-19-33(32)38-26-27-12-4-1-5-13-27)35-30-20-23-36(24-21-30)25-22-31(28-14-6-2-7-15-28)29-16-8-3-9-17-29/h1-19,30-31H,20-26H2,(H,35,37). The van der Waals surface area contributed by atoms with Gasteiger partial charge in [-0.2, -0.15) is 0 Å². The minimum atomic E-state index is -0.0552. The number of ether oxygens (including phenoxy) is 1. The highest BCUT2D eigenvalue weighted by Gasteiger charge is 2.23. The molecule has 0 aliphatic carbocycles. The summed E-state index contributed by atoms with van der Waals surface area (Å²) in [6.45, 7) is 3.47. The maximum absolute atomic E-state index is 13.2. The van der Waals surface area contributed by atoms with Crippen molar-refractivity contribution in [2.45, 2.75) is 37.8 Å². The van der Waals surface area contributed by atoms with Crippen LogP contribution in [-0.2, 0) is 6.61 Å². The fraction of sp³-hybridized carbons (Fsp3) is 0.265. The van der Waals surface area contributed by atoms with Gasteiger partial charge in [-0.1, -0.05) is 103 Å². The molecule has 1 amide bonds. The Morgan fingerprint density at radius 2 is 1.32 bits per heavy atom. The predicted molar refractivity (Wildman–Crippen MR) is 153 cm³/mol. The van der Waals surface area contributed by atoms with Gasteiger partial charge in [-0.05, 0) is 54.6 Å². The van der Waals surface area contributed by atoms with E-state index in [0.717, 1.165) is 44.5 Å². The summed E-state index contributed by atoms with van der Waals surface area (Å²) in [4.78, 5) is 15.7. The summed E-state index contributed by atoms with van der Waals surface area (Å²) in [5, 5.41) is 3.27. The topological polar surface area (TPSA) is 41.6 Å². The van der Waals surface area contributed by atoms with E-state index < -0.39 is 0 Å². The summed E-state index contributed by atoms with van der Waals surface area (Å²) in [6.07, 6.45) is 3.00.